The predicted octanol–water partition coefficient (Wildman–Crippen LogP) is 5.72. The van der Waals surface area contributed by atoms with Crippen LogP contribution in [0, 0.1) is 0 Å². The lowest BCUT2D eigenvalue weighted by Crippen LogP contribution is -2.49. The number of carbonyl (C=O) groups is 1. The van der Waals surface area contributed by atoms with E-state index in [1.54, 1.807) is 12.4 Å². The standard InChI is InChI=1S/C29H31BrN6O/c30-24-19-33-36-26(32-18-21-8-6-14-31-17-21)16-25(34-27(24)36)22-9-7-15-35(20-22)28(37)29(12-4-5-13-29)23-10-2-1-3-11-23/h1-3,6,8,10-11,14,16-17,19,22,32H,4-5,7,9,12-13,15,18,20H2. The van der Waals surface area contributed by atoms with Crippen LogP contribution < -0.4 is 5.32 Å². The molecule has 190 valence electrons. The molecule has 8 heteroatoms. The zero-order chi connectivity index (χ0) is 25.2. The molecule has 1 aliphatic carbocycles. The van der Waals surface area contributed by atoms with Gasteiger partial charge in [-0.15, -0.1) is 0 Å². The van der Waals surface area contributed by atoms with Crippen LogP contribution in [0.1, 0.15) is 61.3 Å². The summed E-state index contributed by atoms with van der Waals surface area (Å²) in [5.74, 6) is 1.36. The third-order valence-electron chi connectivity index (χ3n) is 7.96. The molecular weight excluding hydrogens is 528 g/mol. The van der Waals surface area contributed by atoms with Gasteiger partial charge >= 0.3 is 0 Å². The highest BCUT2D eigenvalue weighted by atomic mass is 79.9. The zero-order valence-electron chi connectivity index (χ0n) is 20.8. The number of hydrogen-bond acceptors (Lipinski definition) is 5. The van der Waals surface area contributed by atoms with Gasteiger partial charge in [0.15, 0.2) is 5.65 Å². The molecule has 0 bridgehead atoms. The molecule has 0 spiro atoms. The Balaban J connectivity index is 1.28. The Labute approximate surface area is 225 Å². The fourth-order valence-electron chi connectivity index (χ4n) is 6.05. The van der Waals surface area contributed by atoms with Crippen LogP contribution in [-0.4, -0.2) is 43.5 Å². The first-order chi connectivity index (χ1) is 18.1. The molecule has 1 amide bonds. The minimum absolute atomic E-state index is 0.178. The van der Waals surface area contributed by atoms with Gasteiger partial charge in [-0.2, -0.15) is 9.61 Å². The first-order valence-electron chi connectivity index (χ1n) is 13.2. The molecule has 37 heavy (non-hydrogen) atoms. The van der Waals surface area contributed by atoms with Gasteiger partial charge in [0.05, 0.1) is 21.8 Å². The van der Waals surface area contributed by atoms with E-state index in [1.165, 1.54) is 5.56 Å². The van der Waals surface area contributed by atoms with Crippen molar-refractivity contribution in [3.63, 3.8) is 0 Å². The fourth-order valence-corrected chi connectivity index (χ4v) is 6.40. The number of anilines is 1. The molecule has 4 aromatic rings. The molecule has 1 saturated carbocycles. The molecule has 4 heterocycles. The molecule has 1 aliphatic heterocycles. The predicted molar refractivity (Wildman–Crippen MR) is 147 cm³/mol. The number of piperidine rings is 1. The normalized spacial score (nSPS) is 19.3. The van der Waals surface area contributed by atoms with Gasteiger partial charge in [0.25, 0.3) is 0 Å². The van der Waals surface area contributed by atoms with Crippen LogP contribution >= 0.6 is 15.9 Å². The molecular formula is C29H31BrN6O. The molecule has 1 unspecified atom stereocenters. The van der Waals surface area contributed by atoms with E-state index in [0.717, 1.165) is 72.3 Å². The van der Waals surface area contributed by atoms with Crippen LogP contribution in [0.3, 0.4) is 0 Å². The zero-order valence-corrected chi connectivity index (χ0v) is 22.4. The number of rotatable bonds is 6. The molecule has 1 atom stereocenters. The lowest BCUT2D eigenvalue weighted by atomic mass is 9.77. The Hall–Kier alpha value is -3.26. The molecule has 0 radical (unpaired) electrons. The Morgan fingerprint density at radius 1 is 1.08 bits per heavy atom. The lowest BCUT2D eigenvalue weighted by molar-refractivity contribution is -0.138. The van der Waals surface area contributed by atoms with E-state index >= 15 is 0 Å². The number of fused-ring (bicyclic) bond motifs is 1. The van der Waals surface area contributed by atoms with Gasteiger partial charge < -0.3 is 10.2 Å². The summed E-state index contributed by atoms with van der Waals surface area (Å²) in [4.78, 5) is 25.5. The second-order valence-corrected chi connectivity index (χ2v) is 11.1. The first kappa shape index (κ1) is 24.1. The van der Waals surface area contributed by atoms with Crippen molar-refractivity contribution in [2.75, 3.05) is 18.4 Å². The average molecular weight is 560 g/mol. The van der Waals surface area contributed by atoms with Crippen LogP contribution in [0.2, 0.25) is 0 Å². The molecule has 1 saturated heterocycles. The number of nitrogens with one attached hydrogen (secondary N) is 1. The van der Waals surface area contributed by atoms with Crippen LogP contribution in [0.4, 0.5) is 5.82 Å². The third-order valence-corrected chi connectivity index (χ3v) is 8.52. The highest BCUT2D eigenvalue weighted by Crippen LogP contribution is 2.43. The summed E-state index contributed by atoms with van der Waals surface area (Å²) >= 11 is 3.62. The first-order valence-corrected chi connectivity index (χ1v) is 14.0. The van der Waals surface area contributed by atoms with Gasteiger partial charge in [-0.3, -0.25) is 9.78 Å². The Bertz CT molecular complexity index is 1380. The summed E-state index contributed by atoms with van der Waals surface area (Å²) in [5.41, 5.74) is 3.67. The SMILES string of the molecule is O=C(N1CCCC(c2cc(NCc3cccnc3)n3ncc(Br)c3n2)C1)C1(c2ccccc2)CCCC1. The van der Waals surface area contributed by atoms with Crippen LogP contribution in [0.25, 0.3) is 5.65 Å². The minimum Gasteiger partial charge on any atom is -0.366 e. The molecule has 3 aromatic heterocycles. The topological polar surface area (TPSA) is 75.4 Å². The number of aromatic nitrogens is 4. The highest BCUT2D eigenvalue weighted by molar-refractivity contribution is 9.10. The van der Waals surface area contributed by atoms with E-state index in [1.807, 2.05) is 22.8 Å². The summed E-state index contributed by atoms with van der Waals surface area (Å²) in [6.45, 7) is 2.15. The molecule has 1 N–H and O–H groups in total. The molecule has 6 rings (SSSR count). The van der Waals surface area contributed by atoms with Gasteiger partial charge in [0.1, 0.15) is 5.82 Å². The van der Waals surface area contributed by atoms with Crippen molar-refractivity contribution in [3.05, 3.63) is 88.4 Å². The van der Waals surface area contributed by atoms with Gasteiger partial charge in [-0.25, -0.2) is 4.98 Å². The lowest BCUT2D eigenvalue weighted by Gasteiger charge is -2.39. The highest BCUT2D eigenvalue weighted by Gasteiger charge is 2.45. The quantitative estimate of drug-likeness (QED) is 0.327. The molecule has 2 fully saturated rings. The Morgan fingerprint density at radius 2 is 1.92 bits per heavy atom. The summed E-state index contributed by atoms with van der Waals surface area (Å²) in [5, 5.41) is 8.04. The van der Waals surface area contributed by atoms with Crippen molar-refractivity contribution >= 4 is 33.3 Å². The number of halogens is 1. The molecule has 7 nitrogen and oxygen atoms in total. The van der Waals surface area contributed by atoms with E-state index in [0.29, 0.717) is 19.0 Å². The van der Waals surface area contributed by atoms with E-state index in [2.05, 4.69) is 72.6 Å². The van der Waals surface area contributed by atoms with Gasteiger partial charge in [-0.05, 0) is 58.8 Å². The largest absolute Gasteiger partial charge is 0.366 e. The average Bonchev–Trinajstić information content (AvgIpc) is 3.61. The number of nitrogens with zero attached hydrogens (tertiary/aromatic N) is 5. The number of hydrogen-bond donors (Lipinski definition) is 1. The maximum absolute atomic E-state index is 14.1. The van der Waals surface area contributed by atoms with Crippen molar-refractivity contribution in [3.8, 4) is 0 Å². The number of pyridine rings is 1. The summed E-state index contributed by atoms with van der Waals surface area (Å²) in [6, 6.07) is 16.5. The number of likely N-dealkylation sites (tertiary alicyclic amines) is 1. The maximum atomic E-state index is 14.1. The summed E-state index contributed by atoms with van der Waals surface area (Å²) in [7, 11) is 0. The van der Waals surface area contributed by atoms with Crippen LogP contribution in [0.5, 0.6) is 0 Å². The smallest absolute Gasteiger partial charge is 0.233 e. The monoisotopic (exact) mass is 558 g/mol. The van der Waals surface area contributed by atoms with E-state index in [4.69, 9.17) is 4.98 Å². The Kier molecular flexibility index (Phi) is 6.67. The molecule has 2 aliphatic rings. The van der Waals surface area contributed by atoms with Crippen molar-refractivity contribution in [1.82, 2.24) is 24.5 Å². The van der Waals surface area contributed by atoms with Crippen molar-refractivity contribution in [1.29, 1.82) is 0 Å². The summed E-state index contributed by atoms with van der Waals surface area (Å²) < 4.78 is 2.69. The number of amides is 1. The van der Waals surface area contributed by atoms with E-state index in [9.17, 15) is 4.79 Å². The fraction of sp³-hybridized carbons (Fsp3) is 0.379. The maximum Gasteiger partial charge on any atom is 0.233 e. The van der Waals surface area contributed by atoms with Crippen molar-refractivity contribution in [2.24, 2.45) is 0 Å². The third kappa shape index (κ3) is 4.63. The number of benzene rings is 1. The van der Waals surface area contributed by atoms with Crippen molar-refractivity contribution in [2.45, 2.75) is 56.4 Å². The van der Waals surface area contributed by atoms with Crippen molar-refractivity contribution < 1.29 is 4.79 Å². The number of carbonyl (C=O) groups excluding carboxylic acids is 1. The second-order valence-electron chi connectivity index (χ2n) is 10.3. The second kappa shape index (κ2) is 10.2. The Morgan fingerprint density at radius 3 is 2.70 bits per heavy atom. The summed E-state index contributed by atoms with van der Waals surface area (Å²) in [6.07, 6.45) is 11.5. The molecule has 1 aromatic carbocycles. The van der Waals surface area contributed by atoms with E-state index in [-0.39, 0.29) is 11.3 Å². The van der Waals surface area contributed by atoms with Gasteiger partial charge in [0.2, 0.25) is 5.91 Å². The van der Waals surface area contributed by atoms with Gasteiger partial charge in [-0.1, -0.05) is 49.2 Å². The van der Waals surface area contributed by atoms with Crippen LogP contribution in [-0.2, 0) is 16.8 Å². The van der Waals surface area contributed by atoms with Crippen LogP contribution in [0.15, 0.2) is 71.6 Å². The minimum atomic E-state index is -0.383. The van der Waals surface area contributed by atoms with Gasteiger partial charge in [0, 0.05) is 44.0 Å². The van der Waals surface area contributed by atoms with E-state index < -0.39 is 0 Å².